The molecule has 12 heteroatoms. The van der Waals surface area contributed by atoms with Gasteiger partial charge in [-0.25, -0.2) is 17.9 Å². The van der Waals surface area contributed by atoms with E-state index in [2.05, 4.69) is 10.0 Å². The number of hydrogen-bond acceptors (Lipinski definition) is 5. The quantitative estimate of drug-likeness (QED) is 0.624. The van der Waals surface area contributed by atoms with Gasteiger partial charge in [-0.15, -0.1) is 0 Å². The molecule has 2 aliphatic heterocycles. The zero-order valence-corrected chi connectivity index (χ0v) is 17.0. The summed E-state index contributed by atoms with van der Waals surface area (Å²) in [5, 5.41) is 2.43. The van der Waals surface area contributed by atoms with Crippen molar-refractivity contribution in [3.05, 3.63) is 28.2 Å². The predicted octanol–water partition coefficient (Wildman–Crippen LogP) is 0.815. The van der Waals surface area contributed by atoms with E-state index in [1.165, 1.54) is 23.1 Å². The first-order chi connectivity index (χ1) is 13.2. The summed E-state index contributed by atoms with van der Waals surface area (Å²) in [5.74, 6) is -0.587. The Bertz CT molecular complexity index is 887. The molecule has 28 heavy (non-hydrogen) atoms. The van der Waals surface area contributed by atoms with Crippen molar-refractivity contribution >= 4 is 51.1 Å². The lowest BCUT2D eigenvalue weighted by Crippen LogP contribution is -2.43. The molecule has 0 spiro atoms. The van der Waals surface area contributed by atoms with Gasteiger partial charge in [-0.2, -0.15) is 0 Å². The van der Waals surface area contributed by atoms with E-state index < -0.39 is 16.1 Å². The van der Waals surface area contributed by atoms with E-state index in [-0.39, 0.29) is 58.9 Å². The lowest BCUT2D eigenvalue weighted by atomic mass is 10.2. The Labute approximate surface area is 172 Å². The van der Waals surface area contributed by atoms with Gasteiger partial charge < -0.3 is 10.2 Å². The number of amides is 4. The van der Waals surface area contributed by atoms with Crippen molar-refractivity contribution < 1.29 is 22.8 Å². The minimum absolute atomic E-state index is 0.0118. The molecule has 1 aromatic rings. The third-order valence-corrected chi connectivity index (χ3v) is 6.99. The van der Waals surface area contributed by atoms with Gasteiger partial charge in [0, 0.05) is 26.1 Å². The number of sulfonamides is 1. The number of hydrogen-bond donors (Lipinski definition) is 2. The van der Waals surface area contributed by atoms with Crippen LogP contribution in [0.25, 0.3) is 0 Å². The Morgan fingerprint density at radius 2 is 1.93 bits per heavy atom. The van der Waals surface area contributed by atoms with Crippen molar-refractivity contribution in [1.29, 1.82) is 0 Å². The second kappa shape index (κ2) is 8.24. The van der Waals surface area contributed by atoms with E-state index in [1.807, 2.05) is 0 Å². The van der Waals surface area contributed by atoms with Gasteiger partial charge in [0.2, 0.25) is 21.8 Å². The van der Waals surface area contributed by atoms with Gasteiger partial charge in [-0.3, -0.25) is 14.5 Å². The lowest BCUT2D eigenvalue weighted by molar-refractivity contribution is -0.131. The van der Waals surface area contributed by atoms with Crippen LogP contribution in [0.4, 0.5) is 4.79 Å². The van der Waals surface area contributed by atoms with Crippen LogP contribution in [0.5, 0.6) is 0 Å². The van der Waals surface area contributed by atoms with E-state index in [1.54, 1.807) is 0 Å². The Balaban J connectivity index is 1.54. The summed E-state index contributed by atoms with van der Waals surface area (Å²) in [5.41, 5.74) is 0. The van der Waals surface area contributed by atoms with Gasteiger partial charge in [0.05, 0.1) is 22.6 Å². The minimum Gasteiger partial charge on any atom is -0.340 e. The van der Waals surface area contributed by atoms with Crippen molar-refractivity contribution in [3.63, 3.8) is 0 Å². The molecular formula is C16H18Cl2N4O5S. The number of carbonyl (C=O) groups is 3. The highest BCUT2D eigenvalue weighted by atomic mass is 35.5. The lowest BCUT2D eigenvalue weighted by Gasteiger charge is -2.21. The molecule has 0 aliphatic carbocycles. The second-order valence-electron chi connectivity index (χ2n) is 6.40. The largest absolute Gasteiger partial charge is 0.340 e. The van der Waals surface area contributed by atoms with Crippen molar-refractivity contribution in [3.8, 4) is 0 Å². The fraction of sp³-hybridized carbons (Fsp3) is 0.438. The number of urea groups is 1. The maximum Gasteiger partial charge on any atom is 0.324 e. The molecule has 2 saturated heterocycles. The van der Waals surface area contributed by atoms with Crippen LogP contribution in [0.1, 0.15) is 12.8 Å². The zero-order valence-electron chi connectivity index (χ0n) is 14.7. The van der Waals surface area contributed by atoms with E-state index in [9.17, 15) is 22.8 Å². The summed E-state index contributed by atoms with van der Waals surface area (Å²) in [6, 6.07) is 3.54. The van der Waals surface area contributed by atoms with Crippen LogP contribution in [0.15, 0.2) is 23.1 Å². The summed E-state index contributed by atoms with van der Waals surface area (Å²) in [6.45, 7) is 0.466. The smallest absolute Gasteiger partial charge is 0.324 e. The van der Waals surface area contributed by atoms with Gasteiger partial charge in [-0.05, 0) is 18.6 Å². The van der Waals surface area contributed by atoms with E-state index in [0.29, 0.717) is 13.0 Å². The van der Waals surface area contributed by atoms with Crippen LogP contribution < -0.4 is 10.0 Å². The first-order valence-corrected chi connectivity index (χ1v) is 10.8. The van der Waals surface area contributed by atoms with E-state index in [4.69, 9.17) is 23.2 Å². The molecule has 9 nitrogen and oxygen atoms in total. The number of imide groups is 1. The molecule has 1 unspecified atom stereocenters. The highest BCUT2D eigenvalue weighted by Crippen LogP contribution is 2.28. The molecule has 2 fully saturated rings. The Morgan fingerprint density at radius 3 is 2.54 bits per heavy atom. The highest BCUT2D eigenvalue weighted by molar-refractivity contribution is 7.89. The first-order valence-electron chi connectivity index (χ1n) is 8.52. The van der Waals surface area contributed by atoms with Gasteiger partial charge in [0.1, 0.15) is 4.90 Å². The van der Waals surface area contributed by atoms with Crippen molar-refractivity contribution in [2.75, 3.05) is 26.2 Å². The monoisotopic (exact) mass is 448 g/mol. The molecule has 0 bridgehead atoms. The maximum atomic E-state index is 12.4. The summed E-state index contributed by atoms with van der Waals surface area (Å²) < 4.78 is 27.1. The fourth-order valence-electron chi connectivity index (χ4n) is 3.25. The van der Waals surface area contributed by atoms with Crippen LogP contribution in [0.2, 0.25) is 10.0 Å². The normalized spacial score (nSPS) is 20.0. The van der Waals surface area contributed by atoms with Crippen LogP contribution in [0, 0.1) is 0 Å². The molecule has 2 heterocycles. The van der Waals surface area contributed by atoms with Gasteiger partial charge in [0.15, 0.2) is 0 Å². The Hall–Kier alpha value is -1.88. The third-order valence-electron chi connectivity index (χ3n) is 4.58. The number of nitrogens with one attached hydrogen (secondary N) is 2. The highest BCUT2D eigenvalue weighted by Gasteiger charge is 2.39. The summed E-state index contributed by atoms with van der Waals surface area (Å²) in [6.07, 6.45) is 0.417. The van der Waals surface area contributed by atoms with Crippen molar-refractivity contribution in [2.24, 2.45) is 0 Å². The molecule has 0 radical (unpaired) electrons. The standard InChI is InChI=1S/C16H18Cl2N4O5S/c17-11-2-1-3-12(18)15(11)28(26,27)20-6-4-13(23)21-7-5-10(9-21)22-14(24)8-19-16(22)25/h1-3,10,20H,4-9H2,(H,19,25). The molecule has 3 rings (SSSR count). The molecule has 0 saturated carbocycles. The number of carbonyl (C=O) groups excluding carboxylic acids is 3. The minimum atomic E-state index is -3.97. The topological polar surface area (TPSA) is 116 Å². The maximum absolute atomic E-state index is 12.4. The number of nitrogens with zero attached hydrogens (tertiary/aromatic N) is 2. The molecule has 1 aromatic carbocycles. The first kappa shape index (κ1) is 20.8. The van der Waals surface area contributed by atoms with Crippen LogP contribution >= 0.6 is 23.2 Å². The Kier molecular flexibility index (Phi) is 6.13. The average molecular weight is 449 g/mol. The number of rotatable bonds is 6. The van der Waals surface area contributed by atoms with E-state index in [0.717, 1.165) is 4.90 Å². The van der Waals surface area contributed by atoms with Crippen LogP contribution in [0.3, 0.4) is 0 Å². The molecule has 0 aromatic heterocycles. The predicted molar refractivity (Wildman–Crippen MR) is 101 cm³/mol. The van der Waals surface area contributed by atoms with Crippen LogP contribution in [-0.2, 0) is 19.6 Å². The van der Waals surface area contributed by atoms with Gasteiger partial charge in [-0.1, -0.05) is 29.3 Å². The number of halogens is 2. The molecular weight excluding hydrogens is 431 g/mol. The number of benzene rings is 1. The fourth-order valence-corrected chi connectivity index (χ4v) is 5.42. The summed E-state index contributed by atoms with van der Waals surface area (Å²) in [4.78, 5) is 38.3. The second-order valence-corrected chi connectivity index (χ2v) is 8.92. The van der Waals surface area contributed by atoms with Crippen LogP contribution in [-0.4, -0.2) is 68.3 Å². The van der Waals surface area contributed by atoms with Gasteiger partial charge in [0.25, 0.3) is 0 Å². The third kappa shape index (κ3) is 4.24. The molecule has 2 N–H and O–H groups in total. The van der Waals surface area contributed by atoms with E-state index >= 15 is 0 Å². The van der Waals surface area contributed by atoms with Crippen molar-refractivity contribution in [2.45, 2.75) is 23.8 Å². The van der Waals surface area contributed by atoms with Crippen molar-refractivity contribution in [1.82, 2.24) is 19.8 Å². The zero-order chi connectivity index (χ0) is 20.5. The molecule has 4 amide bonds. The average Bonchev–Trinajstić information content (AvgIpc) is 3.21. The molecule has 1 atom stereocenters. The summed E-state index contributed by atoms with van der Waals surface area (Å²) in [7, 11) is -3.97. The number of likely N-dealkylation sites (tertiary alicyclic amines) is 1. The summed E-state index contributed by atoms with van der Waals surface area (Å²) >= 11 is 11.8. The SMILES string of the molecule is O=C(CCNS(=O)(=O)c1c(Cl)cccc1Cl)N1CCC(N2C(=O)CNC2=O)C1. The van der Waals surface area contributed by atoms with Gasteiger partial charge >= 0.3 is 6.03 Å². The molecule has 2 aliphatic rings. The molecule has 152 valence electrons. The Morgan fingerprint density at radius 1 is 1.25 bits per heavy atom.